The van der Waals surface area contributed by atoms with Crippen molar-refractivity contribution in [2.75, 3.05) is 5.73 Å². The van der Waals surface area contributed by atoms with E-state index >= 15 is 0 Å². The van der Waals surface area contributed by atoms with Crippen LogP contribution in [0.1, 0.15) is 11.3 Å². The van der Waals surface area contributed by atoms with Gasteiger partial charge in [0.15, 0.2) is 0 Å². The van der Waals surface area contributed by atoms with Gasteiger partial charge in [-0.2, -0.15) is 13.2 Å². The molecule has 0 aliphatic carbocycles. The van der Waals surface area contributed by atoms with Crippen LogP contribution in [-0.2, 0) is 6.18 Å². The molecule has 3 N–H and O–H groups in total. The number of aromatic nitrogens is 1. The number of anilines is 1. The van der Waals surface area contributed by atoms with E-state index in [0.29, 0.717) is 6.07 Å². The summed E-state index contributed by atoms with van der Waals surface area (Å²) in [4.78, 5) is 3.46. The van der Waals surface area contributed by atoms with Crippen LogP contribution < -0.4 is 5.73 Å². The minimum atomic E-state index is -4.55. The van der Waals surface area contributed by atoms with Crippen LogP contribution in [-0.4, -0.2) is 10.1 Å². The minimum Gasteiger partial charge on any atom is -0.506 e. The fraction of sp³-hybridized carbons (Fsp3) is 0.125. The molecule has 0 aliphatic rings. The third kappa shape index (κ3) is 2.41. The van der Waals surface area contributed by atoms with E-state index in [0.717, 1.165) is 0 Å². The zero-order chi connectivity index (χ0) is 11.8. The second kappa shape index (κ2) is 3.73. The molecule has 0 spiro atoms. The molecule has 1 heterocycles. The van der Waals surface area contributed by atoms with E-state index in [2.05, 4.69) is 27.5 Å². The van der Waals surface area contributed by atoms with Gasteiger partial charge in [0.05, 0.1) is 11.3 Å². The molecule has 0 unspecified atom stereocenters. The summed E-state index contributed by atoms with van der Waals surface area (Å²) in [5.41, 5.74) is 3.84. The Bertz CT molecular complexity index is 417. The number of hydrogen-bond acceptors (Lipinski definition) is 3. The Balaban J connectivity index is 3.39. The third-order valence-corrected chi connectivity index (χ3v) is 2.19. The fourth-order valence-corrected chi connectivity index (χ4v) is 1.45. The predicted molar refractivity (Wildman–Crippen MR) is 53.0 cm³/mol. The van der Waals surface area contributed by atoms with Crippen molar-refractivity contribution in [3.8, 4) is 0 Å². The molecule has 0 radical (unpaired) electrons. The number of rotatable bonds is 1. The fourth-order valence-electron chi connectivity index (χ4n) is 0.936. The zero-order valence-electron chi connectivity index (χ0n) is 7.27. The monoisotopic (exact) mass is 282 g/mol. The first-order chi connectivity index (χ1) is 6.73. The number of nitrogen functional groups attached to an aromatic ring is 1. The van der Waals surface area contributed by atoms with Crippen molar-refractivity contribution in [1.82, 2.24) is 4.98 Å². The molecule has 0 fully saturated rings. The summed E-state index contributed by atoms with van der Waals surface area (Å²) in [5, 5.41) is 8.98. The number of aliphatic hydroxyl groups excluding tert-OH is 1. The lowest BCUT2D eigenvalue weighted by molar-refractivity contribution is -0.138. The highest BCUT2D eigenvalue weighted by atomic mass is 79.9. The third-order valence-electron chi connectivity index (χ3n) is 1.58. The molecular weight excluding hydrogens is 277 g/mol. The summed E-state index contributed by atoms with van der Waals surface area (Å²) in [7, 11) is 0. The molecule has 0 atom stereocenters. The molecule has 3 nitrogen and oxygen atoms in total. The van der Waals surface area contributed by atoms with Crippen molar-refractivity contribution in [3.05, 3.63) is 28.5 Å². The summed E-state index contributed by atoms with van der Waals surface area (Å²) in [6.07, 6.45) is -4.55. The van der Waals surface area contributed by atoms with Gasteiger partial charge >= 0.3 is 6.18 Å². The number of aliphatic hydroxyl groups is 1. The van der Waals surface area contributed by atoms with Crippen molar-refractivity contribution >= 4 is 27.4 Å². The first-order valence-corrected chi connectivity index (χ1v) is 4.44. The number of hydrogen-bond donors (Lipinski definition) is 2. The largest absolute Gasteiger partial charge is 0.506 e. The van der Waals surface area contributed by atoms with Crippen LogP contribution >= 0.6 is 15.9 Å². The van der Waals surface area contributed by atoms with Gasteiger partial charge < -0.3 is 10.8 Å². The van der Waals surface area contributed by atoms with Crippen LogP contribution in [0, 0.1) is 0 Å². The highest BCUT2D eigenvalue weighted by Crippen LogP contribution is 2.36. The molecule has 0 saturated carbocycles. The maximum Gasteiger partial charge on any atom is 0.419 e. The number of halogens is 4. The highest BCUT2D eigenvalue weighted by Gasteiger charge is 2.34. The Labute approximate surface area is 91.6 Å². The van der Waals surface area contributed by atoms with Gasteiger partial charge in [0.2, 0.25) is 0 Å². The van der Waals surface area contributed by atoms with Crippen molar-refractivity contribution in [3.63, 3.8) is 0 Å². The second-order valence-electron chi connectivity index (χ2n) is 2.71. The van der Waals surface area contributed by atoms with E-state index in [1.54, 1.807) is 0 Å². The van der Waals surface area contributed by atoms with Crippen molar-refractivity contribution in [2.24, 2.45) is 0 Å². The molecule has 0 saturated heterocycles. The van der Waals surface area contributed by atoms with Crippen LogP contribution in [0.4, 0.5) is 18.9 Å². The predicted octanol–water partition coefficient (Wildman–Crippen LogP) is 2.97. The topological polar surface area (TPSA) is 59.1 Å². The molecule has 15 heavy (non-hydrogen) atoms. The lowest BCUT2D eigenvalue weighted by Crippen LogP contribution is -2.10. The van der Waals surface area contributed by atoms with Crippen molar-refractivity contribution in [2.45, 2.75) is 6.18 Å². The van der Waals surface area contributed by atoms with E-state index in [-0.39, 0.29) is 11.4 Å². The molecule has 0 aliphatic heterocycles. The first kappa shape index (κ1) is 11.8. The van der Waals surface area contributed by atoms with Gasteiger partial charge in [0, 0.05) is 0 Å². The molecule has 0 bridgehead atoms. The van der Waals surface area contributed by atoms with Crippen LogP contribution in [0.25, 0.3) is 5.76 Å². The summed E-state index contributed by atoms with van der Waals surface area (Å²) in [6.45, 7) is 3.13. The van der Waals surface area contributed by atoms with Crippen LogP contribution in [0.15, 0.2) is 17.2 Å². The molecule has 0 amide bonds. The lowest BCUT2D eigenvalue weighted by Gasteiger charge is -2.11. The molecule has 1 aromatic rings. The van der Waals surface area contributed by atoms with Gasteiger partial charge in [-0.05, 0) is 22.0 Å². The molecule has 0 aromatic carbocycles. The van der Waals surface area contributed by atoms with Gasteiger partial charge in [0.25, 0.3) is 0 Å². The number of pyridine rings is 1. The Morgan fingerprint density at radius 2 is 2.07 bits per heavy atom. The molecule has 82 valence electrons. The Kier molecular flexibility index (Phi) is 2.94. The summed E-state index contributed by atoms with van der Waals surface area (Å²) in [6, 6.07) is 0.688. The van der Waals surface area contributed by atoms with E-state index in [1.165, 1.54) is 0 Å². The SMILES string of the molecule is C=C(O)c1nc(Br)c(C(F)(F)F)cc1N. The summed E-state index contributed by atoms with van der Waals surface area (Å²) < 4.78 is 36.6. The van der Waals surface area contributed by atoms with E-state index in [1.807, 2.05) is 0 Å². The van der Waals surface area contributed by atoms with Gasteiger partial charge in [-0.25, -0.2) is 4.98 Å². The number of nitrogens with two attached hydrogens (primary N) is 1. The van der Waals surface area contributed by atoms with Gasteiger partial charge in [-0.3, -0.25) is 0 Å². The Morgan fingerprint density at radius 1 is 1.53 bits per heavy atom. The average molecular weight is 283 g/mol. The number of alkyl halides is 3. The van der Waals surface area contributed by atoms with Crippen molar-refractivity contribution < 1.29 is 18.3 Å². The van der Waals surface area contributed by atoms with Crippen LogP contribution in [0.3, 0.4) is 0 Å². The second-order valence-corrected chi connectivity index (χ2v) is 3.46. The van der Waals surface area contributed by atoms with E-state index in [9.17, 15) is 13.2 Å². The normalized spacial score (nSPS) is 11.5. The maximum atomic E-state index is 12.4. The minimum absolute atomic E-state index is 0.171. The van der Waals surface area contributed by atoms with Gasteiger partial charge in [-0.1, -0.05) is 6.58 Å². The Hall–Kier alpha value is -1.24. The van der Waals surface area contributed by atoms with E-state index in [4.69, 9.17) is 10.8 Å². The summed E-state index contributed by atoms with van der Waals surface area (Å²) >= 11 is 2.65. The molecule has 1 aromatic heterocycles. The number of nitrogens with zero attached hydrogens (tertiary/aromatic N) is 1. The van der Waals surface area contributed by atoms with Gasteiger partial charge in [0.1, 0.15) is 16.1 Å². The van der Waals surface area contributed by atoms with Gasteiger partial charge in [-0.15, -0.1) is 0 Å². The zero-order valence-corrected chi connectivity index (χ0v) is 8.85. The first-order valence-electron chi connectivity index (χ1n) is 3.65. The molecule has 7 heteroatoms. The van der Waals surface area contributed by atoms with Crippen molar-refractivity contribution in [1.29, 1.82) is 0 Å². The Morgan fingerprint density at radius 3 is 2.47 bits per heavy atom. The summed E-state index contributed by atoms with van der Waals surface area (Å²) in [5.74, 6) is -0.484. The van der Waals surface area contributed by atoms with Crippen LogP contribution in [0.5, 0.6) is 0 Å². The standard InChI is InChI=1S/C8H6BrF3N2O/c1-3(15)6-5(13)2-4(7(9)14-6)8(10,11)12/h2,15H,1,13H2. The van der Waals surface area contributed by atoms with E-state index < -0.39 is 22.1 Å². The lowest BCUT2D eigenvalue weighted by atomic mass is 10.2. The molecule has 1 rings (SSSR count). The average Bonchev–Trinajstić information content (AvgIpc) is 2.06. The maximum absolute atomic E-state index is 12.4. The highest BCUT2D eigenvalue weighted by molar-refractivity contribution is 9.10. The smallest absolute Gasteiger partial charge is 0.419 e. The molecular formula is C8H6BrF3N2O. The van der Waals surface area contributed by atoms with Crippen LogP contribution in [0.2, 0.25) is 0 Å². The quantitative estimate of drug-likeness (QED) is 0.615.